The molecule has 0 aromatic heterocycles. The molecule has 25 heavy (non-hydrogen) atoms. The van der Waals surface area contributed by atoms with Crippen molar-refractivity contribution >= 4 is 11.4 Å². The van der Waals surface area contributed by atoms with Gasteiger partial charge in [0, 0.05) is 5.41 Å². The van der Waals surface area contributed by atoms with Crippen LogP contribution < -0.4 is 11.5 Å². The summed E-state index contributed by atoms with van der Waals surface area (Å²) in [5, 5.41) is 19.7. The summed E-state index contributed by atoms with van der Waals surface area (Å²) in [6.45, 7) is 4.36. The monoisotopic (exact) mass is 342 g/mol. The van der Waals surface area contributed by atoms with Crippen molar-refractivity contribution in [2.45, 2.75) is 57.8 Å². The summed E-state index contributed by atoms with van der Waals surface area (Å²) in [5.74, 6) is 0.211. The Balaban J connectivity index is 2.64. The molecule has 2 aromatic carbocycles. The molecule has 6 N–H and O–H groups in total. The predicted molar refractivity (Wildman–Crippen MR) is 105 cm³/mol. The summed E-state index contributed by atoms with van der Waals surface area (Å²) >= 11 is 0. The molecule has 0 atom stereocenters. The molecule has 0 saturated heterocycles. The summed E-state index contributed by atoms with van der Waals surface area (Å²) in [7, 11) is 0. The highest BCUT2D eigenvalue weighted by Gasteiger charge is 2.34. The van der Waals surface area contributed by atoms with Crippen molar-refractivity contribution in [3.8, 4) is 11.5 Å². The third-order valence-electron chi connectivity index (χ3n) is 5.07. The first kappa shape index (κ1) is 19.0. The van der Waals surface area contributed by atoms with Gasteiger partial charge in [-0.15, -0.1) is 0 Å². The maximum absolute atomic E-state index is 9.83. The minimum absolute atomic E-state index is 0.105. The molecule has 0 amide bonds. The van der Waals surface area contributed by atoms with Gasteiger partial charge in [0.15, 0.2) is 0 Å². The van der Waals surface area contributed by atoms with Crippen LogP contribution in [0.2, 0.25) is 0 Å². The number of hydrogen-bond acceptors (Lipinski definition) is 4. The Labute approximate surface area is 150 Å². The highest BCUT2D eigenvalue weighted by molar-refractivity contribution is 5.59. The second-order valence-corrected chi connectivity index (χ2v) is 6.84. The van der Waals surface area contributed by atoms with E-state index in [0.717, 1.165) is 49.7 Å². The SMILES string of the molecule is CCCCC(CCCC)(c1ccc(O)c(N)c1)c1ccc(O)c(N)c1. The largest absolute Gasteiger partial charge is 0.506 e. The van der Waals surface area contributed by atoms with Crippen LogP contribution in [0.15, 0.2) is 36.4 Å². The summed E-state index contributed by atoms with van der Waals surface area (Å²) in [6.07, 6.45) is 6.27. The fourth-order valence-electron chi connectivity index (χ4n) is 3.53. The van der Waals surface area contributed by atoms with Crippen LogP contribution in [0, 0.1) is 0 Å². The standard InChI is InChI=1S/C21H30N2O2/c1-3-5-11-21(12-6-4-2,15-7-9-19(24)17(22)13-15)16-8-10-20(25)18(23)14-16/h7-10,13-14,24-25H,3-6,11-12,22-23H2,1-2H3. The molecule has 0 aliphatic heterocycles. The Morgan fingerprint density at radius 3 is 1.48 bits per heavy atom. The van der Waals surface area contributed by atoms with Crippen molar-refractivity contribution in [2.24, 2.45) is 0 Å². The van der Waals surface area contributed by atoms with Gasteiger partial charge in [-0.2, -0.15) is 0 Å². The second-order valence-electron chi connectivity index (χ2n) is 6.84. The van der Waals surface area contributed by atoms with Gasteiger partial charge in [0.2, 0.25) is 0 Å². The number of aromatic hydroxyl groups is 2. The predicted octanol–water partition coefficient (Wildman–Crippen LogP) is 4.93. The van der Waals surface area contributed by atoms with E-state index in [9.17, 15) is 10.2 Å². The van der Waals surface area contributed by atoms with E-state index < -0.39 is 0 Å². The molecule has 0 fully saturated rings. The molecule has 4 heteroatoms. The number of phenolic OH excluding ortho intramolecular Hbond substituents is 2. The molecular weight excluding hydrogens is 312 g/mol. The van der Waals surface area contributed by atoms with Crippen LogP contribution in [0.4, 0.5) is 11.4 Å². The lowest BCUT2D eigenvalue weighted by atomic mass is 9.68. The van der Waals surface area contributed by atoms with Crippen LogP contribution in [-0.2, 0) is 5.41 Å². The molecule has 0 unspecified atom stereocenters. The Bertz CT molecular complexity index is 652. The number of unbranched alkanes of at least 4 members (excludes halogenated alkanes) is 2. The fourth-order valence-corrected chi connectivity index (χ4v) is 3.53. The lowest BCUT2D eigenvalue weighted by Gasteiger charge is -2.36. The molecular formula is C21H30N2O2. The van der Waals surface area contributed by atoms with Gasteiger partial charge in [0.25, 0.3) is 0 Å². The highest BCUT2D eigenvalue weighted by Crippen LogP contribution is 2.44. The minimum Gasteiger partial charge on any atom is -0.506 e. The van der Waals surface area contributed by atoms with Gasteiger partial charge < -0.3 is 21.7 Å². The van der Waals surface area contributed by atoms with Gasteiger partial charge in [-0.1, -0.05) is 51.7 Å². The Morgan fingerprint density at radius 2 is 1.16 bits per heavy atom. The molecule has 2 aromatic rings. The van der Waals surface area contributed by atoms with Gasteiger partial charge in [0.05, 0.1) is 11.4 Å². The number of anilines is 2. The van der Waals surface area contributed by atoms with Crippen LogP contribution in [-0.4, -0.2) is 10.2 Å². The third-order valence-corrected chi connectivity index (χ3v) is 5.07. The molecule has 0 bridgehead atoms. The van der Waals surface area contributed by atoms with E-state index in [4.69, 9.17) is 11.5 Å². The maximum atomic E-state index is 9.83. The minimum atomic E-state index is -0.227. The highest BCUT2D eigenvalue weighted by atomic mass is 16.3. The maximum Gasteiger partial charge on any atom is 0.138 e. The zero-order chi connectivity index (χ0) is 18.4. The van der Waals surface area contributed by atoms with Gasteiger partial charge in [-0.05, 0) is 48.2 Å². The second kappa shape index (κ2) is 8.15. The van der Waals surface area contributed by atoms with Crippen molar-refractivity contribution < 1.29 is 10.2 Å². The van der Waals surface area contributed by atoms with Crippen molar-refractivity contribution in [2.75, 3.05) is 11.5 Å². The Kier molecular flexibility index (Phi) is 6.18. The molecule has 136 valence electrons. The zero-order valence-electron chi connectivity index (χ0n) is 15.3. The van der Waals surface area contributed by atoms with Crippen LogP contribution in [0.25, 0.3) is 0 Å². The lowest BCUT2D eigenvalue weighted by molar-refractivity contribution is 0.404. The average molecular weight is 342 g/mol. The summed E-state index contributed by atoms with van der Waals surface area (Å²) in [6, 6.07) is 11.0. The molecule has 2 rings (SSSR count). The van der Waals surface area contributed by atoms with Gasteiger partial charge in [-0.25, -0.2) is 0 Å². The first-order valence-electron chi connectivity index (χ1n) is 9.12. The molecule has 0 radical (unpaired) electrons. The molecule has 0 heterocycles. The van der Waals surface area contributed by atoms with Crippen LogP contribution >= 0.6 is 0 Å². The van der Waals surface area contributed by atoms with E-state index in [1.54, 1.807) is 12.1 Å². The molecule has 0 saturated carbocycles. The number of nitrogens with two attached hydrogens (primary N) is 2. The number of benzene rings is 2. The summed E-state index contributed by atoms with van der Waals surface area (Å²) in [5.41, 5.74) is 14.7. The van der Waals surface area contributed by atoms with E-state index >= 15 is 0 Å². The Morgan fingerprint density at radius 1 is 0.760 bits per heavy atom. The van der Waals surface area contributed by atoms with Gasteiger partial charge >= 0.3 is 0 Å². The quantitative estimate of drug-likeness (QED) is 0.404. The number of phenols is 2. The van der Waals surface area contributed by atoms with Crippen molar-refractivity contribution in [3.05, 3.63) is 47.5 Å². The molecule has 0 aliphatic rings. The van der Waals surface area contributed by atoms with Crippen molar-refractivity contribution in [3.63, 3.8) is 0 Å². The average Bonchev–Trinajstić information content (AvgIpc) is 2.60. The van der Waals surface area contributed by atoms with Gasteiger partial charge in [-0.3, -0.25) is 0 Å². The van der Waals surface area contributed by atoms with Gasteiger partial charge in [0.1, 0.15) is 11.5 Å². The summed E-state index contributed by atoms with van der Waals surface area (Å²) < 4.78 is 0. The molecule has 4 nitrogen and oxygen atoms in total. The first-order chi connectivity index (χ1) is 11.9. The first-order valence-corrected chi connectivity index (χ1v) is 9.12. The number of nitrogen functional groups attached to an aromatic ring is 2. The van der Waals surface area contributed by atoms with Crippen LogP contribution in [0.3, 0.4) is 0 Å². The lowest BCUT2D eigenvalue weighted by Crippen LogP contribution is -2.28. The Hall–Kier alpha value is -2.36. The van der Waals surface area contributed by atoms with Crippen molar-refractivity contribution in [1.29, 1.82) is 0 Å². The van der Waals surface area contributed by atoms with E-state index in [1.807, 2.05) is 24.3 Å². The van der Waals surface area contributed by atoms with E-state index in [0.29, 0.717) is 11.4 Å². The van der Waals surface area contributed by atoms with E-state index in [-0.39, 0.29) is 16.9 Å². The van der Waals surface area contributed by atoms with Crippen LogP contribution in [0.5, 0.6) is 11.5 Å². The number of rotatable bonds is 8. The third kappa shape index (κ3) is 4.01. The molecule has 0 spiro atoms. The normalized spacial score (nSPS) is 11.6. The van der Waals surface area contributed by atoms with E-state index in [2.05, 4.69) is 13.8 Å². The van der Waals surface area contributed by atoms with Crippen LogP contribution in [0.1, 0.15) is 63.5 Å². The smallest absolute Gasteiger partial charge is 0.138 e. The summed E-state index contributed by atoms with van der Waals surface area (Å²) in [4.78, 5) is 0. The fraction of sp³-hybridized carbons (Fsp3) is 0.429. The van der Waals surface area contributed by atoms with Crippen molar-refractivity contribution in [1.82, 2.24) is 0 Å². The topological polar surface area (TPSA) is 92.5 Å². The number of hydrogen-bond donors (Lipinski definition) is 4. The zero-order valence-corrected chi connectivity index (χ0v) is 15.3. The molecule has 0 aliphatic carbocycles. The van der Waals surface area contributed by atoms with E-state index in [1.165, 1.54) is 0 Å².